The van der Waals surface area contributed by atoms with Crippen molar-refractivity contribution in [1.29, 1.82) is 5.26 Å². The third-order valence-corrected chi connectivity index (χ3v) is 4.13. The molecule has 0 aromatic heterocycles. The normalized spacial score (nSPS) is 23.2. The summed E-state index contributed by atoms with van der Waals surface area (Å²) in [6.07, 6.45) is 1.24. The van der Waals surface area contributed by atoms with E-state index in [9.17, 15) is 0 Å². The Morgan fingerprint density at radius 3 is 2.47 bits per heavy atom. The van der Waals surface area contributed by atoms with Crippen LogP contribution in [0.1, 0.15) is 32.8 Å². The van der Waals surface area contributed by atoms with Gasteiger partial charge < -0.3 is 4.90 Å². The minimum atomic E-state index is 0.367. The summed E-state index contributed by atoms with van der Waals surface area (Å²) in [6.45, 7) is 9.24. The quantitative estimate of drug-likeness (QED) is 0.736. The Bertz CT molecular complexity index is 425. The molecule has 2 rings (SSSR count). The van der Waals surface area contributed by atoms with Gasteiger partial charge in [-0.15, -0.1) is 0 Å². The number of hydrogen-bond donors (Lipinski definition) is 0. The van der Waals surface area contributed by atoms with Crippen LogP contribution in [0.5, 0.6) is 0 Å². The molecule has 0 unspecified atom stereocenters. The minimum absolute atomic E-state index is 0.367. The molecule has 1 aliphatic rings. The average molecular weight is 228 g/mol. The number of piperidine rings is 1. The summed E-state index contributed by atoms with van der Waals surface area (Å²) in [5, 5.41) is 8.79. The summed E-state index contributed by atoms with van der Waals surface area (Å²) < 4.78 is 0. The van der Waals surface area contributed by atoms with Crippen molar-refractivity contribution in [3.05, 3.63) is 29.8 Å². The molecule has 1 heterocycles. The van der Waals surface area contributed by atoms with E-state index in [0.29, 0.717) is 5.41 Å². The molecule has 1 atom stereocenters. The molecule has 1 aromatic carbocycles. The Morgan fingerprint density at radius 2 is 1.94 bits per heavy atom. The van der Waals surface area contributed by atoms with E-state index in [1.807, 2.05) is 12.1 Å². The van der Waals surface area contributed by atoms with Crippen molar-refractivity contribution in [2.75, 3.05) is 18.0 Å². The monoisotopic (exact) mass is 228 g/mol. The van der Waals surface area contributed by atoms with E-state index in [-0.39, 0.29) is 0 Å². The topological polar surface area (TPSA) is 27.0 Å². The smallest absolute Gasteiger partial charge is 0.0991 e. The lowest BCUT2D eigenvalue weighted by Crippen LogP contribution is -2.44. The second-order valence-corrected chi connectivity index (χ2v) is 5.76. The number of nitriles is 1. The first-order valence-corrected chi connectivity index (χ1v) is 6.28. The van der Waals surface area contributed by atoms with Crippen LogP contribution >= 0.6 is 0 Å². The van der Waals surface area contributed by atoms with Crippen molar-refractivity contribution in [2.45, 2.75) is 27.2 Å². The molecule has 1 aromatic rings. The van der Waals surface area contributed by atoms with Gasteiger partial charge in [0.1, 0.15) is 0 Å². The maximum absolute atomic E-state index is 8.79. The van der Waals surface area contributed by atoms with E-state index in [4.69, 9.17) is 5.26 Å². The highest BCUT2D eigenvalue weighted by molar-refractivity contribution is 5.50. The van der Waals surface area contributed by atoms with Gasteiger partial charge in [-0.3, -0.25) is 0 Å². The van der Waals surface area contributed by atoms with Gasteiger partial charge in [-0.25, -0.2) is 0 Å². The van der Waals surface area contributed by atoms with Gasteiger partial charge in [0.25, 0.3) is 0 Å². The molecule has 2 heteroatoms. The zero-order valence-electron chi connectivity index (χ0n) is 10.9. The molecule has 0 bridgehead atoms. The summed E-state index contributed by atoms with van der Waals surface area (Å²) in [7, 11) is 0. The van der Waals surface area contributed by atoms with Crippen LogP contribution in [0, 0.1) is 22.7 Å². The summed E-state index contributed by atoms with van der Waals surface area (Å²) >= 11 is 0. The van der Waals surface area contributed by atoms with E-state index in [1.54, 1.807) is 0 Å². The van der Waals surface area contributed by atoms with Crippen LogP contribution < -0.4 is 4.90 Å². The van der Waals surface area contributed by atoms with E-state index in [2.05, 4.69) is 43.9 Å². The Labute approximate surface area is 104 Å². The fourth-order valence-corrected chi connectivity index (χ4v) is 2.43. The number of rotatable bonds is 1. The van der Waals surface area contributed by atoms with Crippen molar-refractivity contribution < 1.29 is 0 Å². The Kier molecular flexibility index (Phi) is 3.11. The van der Waals surface area contributed by atoms with Crippen LogP contribution in [0.25, 0.3) is 0 Å². The third kappa shape index (κ3) is 2.44. The molecule has 1 saturated heterocycles. The Hall–Kier alpha value is -1.49. The second-order valence-electron chi connectivity index (χ2n) is 5.76. The first-order chi connectivity index (χ1) is 8.03. The number of anilines is 1. The zero-order chi connectivity index (χ0) is 12.5. The van der Waals surface area contributed by atoms with Gasteiger partial charge in [-0.2, -0.15) is 5.26 Å². The van der Waals surface area contributed by atoms with E-state index in [1.165, 1.54) is 12.1 Å². The predicted molar refractivity (Wildman–Crippen MR) is 70.9 cm³/mol. The molecule has 0 N–H and O–H groups in total. The van der Waals surface area contributed by atoms with Gasteiger partial charge in [-0.05, 0) is 42.0 Å². The molecule has 2 nitrogen and oxygen atoms in total. The van der Waals surface area contributed by atoms with Gasteiger partial charge in [0.2, 0.25) is 0 Å². The molecule has 0 spiro atoms. The largest absolute Gasteiger partial charge is 0.371 e. The van der Waals surface area contributed by atoms with Crippen molar-refractivity contribution in [3.63, 3.8) is 0 Å². The summed E-state index contributed by atoms with van der Waals surface area (Å²) in [4.78, 5) is 2.43. The average Bonchev–Trinajstić information content (AvgIpc) is 2.33. The first-order valence-electron chi connectivity index (χ1n) is 6.28. The zero-order valence-corrected chi connectivity index (χ0v) is 10.9. The van der Waals surface area contributed by atoms with Crippen LogP contribution in [0.2, 0.25) is 0 Å². The van der Waals surface area contributed by atoms with Gasteiger partial charge >= 0.3 is 0 Å². The molecule has 90 valence electrons. The molecule has 0 aliphatic carbocycles. The number of hydrogen-bond acceptors (Lipinski definition) is 2. The standard InChI is InChI=1S/C15H20N2/c1-12-8-9-17(11-15(12,2)3)14-6-4-13(10-16)5-7-14/h4-7,12H,8-9,11H2,1-3H3/t12-/m1/s1. The molecule has 0 saturated carbocycles. The molecule has 1 aliphatic heterocycles. The fourth-order valence-electron chi connectivity index (χ4n) is 2.43. The van der Waals surface area contributed by atoms with Crippen molar-refractivity contribution in [2.24, 2.45) is 11.3 Å². The Morgan fingerprint density at radius 1 is 1.29 bits per heavy atom. The van der Waals surface area contributed by atoms with Gasteiger partial charge in [0.15, 0.2) is 0 Å². The Balaban J connectivity index is 2.15. The van der Waals surface area contributed by atoms with Crippen LogP contribution in [0.15, 0.2) is 24.3 Å². The van der Waals surface area contributed by atoms with Crippen LogP contribution in [0.4, 0.5) is 5.69 Å². The summed E-state index contributed by atoms with van der Waals surface area (Å²) in [6, 6.07) is 10.1. The van der Waals surface area contributed by atoms with Crippen LogP contribution in [-0.2, 0) is 0 Å². The SMILES string of the molecule is C[C@@H]1CCN(c2ccc(C#N)cc2)CC1(C)C. The number of nitrogens with zero attached hydrogens (tertiary/aromatic N) is 2. The first kappa shape index (κ1) is 12.0. The highest BCUT2D eigenvalue weighted by atomic mass is 15.1. The second kappa shape index (κ2) is 4.41. The molecule has 0 amide bonds. The predicted octanol–water partition coefficient (Wildman–Crippen LogP) is 3.43. The lowest BCUT2D eigenvalue weighted by molar-refractivity contribution is 0.193. The lowest BCUT2D eigenvalue weighted by atomic mass is 9.75. The van der Waals surface area contributed by atoms with Crippen LogP contribution in [-0.4, -0.2) is 13.1 Å². The molecule has 1 fully saturated rings. The minimum Gasteiger partial charge on any atom is -0.371 e. The summed E-state index contributed by atoms with van der Waals surface area (Å²) in [5.41, 5.74) is 2.34. The van der Waals surface area contributed by atoms with E-state index < -0.39 is 0 Å². The lowest BCUT2D eigenvalue weighted by Gasteiger charge is -2.44. The van der Waals surface area contributed by atoms with E-state index in [0.717, 1.165) is 24.6 Å². The molecule has 0 radical (unpaired) electrons. The maximum atomic E-state index is 8.79. The molecule has 17 heavy (non-hydrogen) atoms. The van der Waals surface area contributed by atoms with Gasteiger partial charge in [0.05, 0.1) is 11.6 Å². The van der Waals surface area contributed by atoms with E-state index >= 15 is 0 Å². The maximum Gasteiger partial charge on any atom is 0.0991 e. The van der Waals surface area contributed by atoms with Crippen LogP contribution in [0.3, 0.4) is 0 Å². The van der Waals surface area contributed by atoms with Crippen molar-refractivity contribution in [3.8, 4) is 6.07 Å². The highest BCUT2D eigenvalue weighted by Gasteiger charge is 2.32. The fraction of sp³-hybridized carbons (Fsp3) is 0.533. The van der Waals surface area contributed by atoms with Crippen molar-refractivity contribution >= 4 is 5.69 Å². The summed E-state index contributed by atoms with van der Waals surface area (Å²) in [5.74, 6) is 0.775. The van der Waals surface area contributed by atoms with Gasteiger partial charge in [0, 0.05) is 18.8 Å². The number of benzene rings is 1. The molecular weight excluding hydrogens is 208 g/mol. The van der Waals surface area contributed by atoms with Crippen molar-refractivity contribution in [1.82, 2.24) is 0 Å². The molecular formula is C15H20N2. The third-order valence-electron chi connectivity index (χ3n) is 4.13. The highest BCUT2D eigenvalue weighted by Crippen LogP contribution is 2.36. The van der Waals surface area contributed by atoms with Gasteiger partial charge in [-0.1, -0.05) is 20.8 Å².